The molecule has 1 amide bonds. The van der Waals surface area contributed by atoms with Gasteiger partial charge < -0.3 is 14.6 Å². The van der Waals surface area contributed by atoms with Crippen LogP contribution in [0.4, 0.5) is 4.79 Å². The number of nitrogens with zero attached hydrogens (tertiary/aromatic N) is 2. The lowest BCUT2D eigenvalue weighted by Gasteiger charge is -2.32. The SMILES string of the molecule is Cc1[nH]c2c(Cl)ncc(-c3cccc4c3CCN(C(=O)OC(C)(C)C)C4)c2c1C. The highest BCUT2D eigenvalue weighted by atomic mass is 35.5. The third-order valence-electron chi connectivity index (χ3n) is 5.49. The maximum Gasteiger partial charge on any atom is 0.410 e. The highest BCUT2D eigenvalue weighted by molar-refractivity contribution is 6.34. The predicted octanol–water partition coefficient (Wildman–Crippen LogP) is 5.79. The molecule has 1 aromatic carbocycles. The summed E-state index contributed by atoms with van der Waals surface area (Å²) in [5.74, 6) is 0. The van der Waals surface area contributed by atoms with Gasteiger partial charge in [-0.3, -0.25) is 0 Å². The van der Waals surface area contributed by atoms with Gasteiger partial charge in [-0.15, -0.1) is 0 Å². The van der Waals surface area contributed by atoms with Crippen LogP contribution < -0.4 is 0 Å². The molecule has 3 heterocycles. The van der Waals surface area contributed by atoms with Crippen LogP contribution in [-0.4, -0.2) is 33.1 Å². The average molecular weight is 412 g/mol. The number of nitrogens with one attached hydrogen (secondary N) is 1. The molecule has 2 aromatic heterocycles. The molecule has 0 fully saturated rings. The lowest BCUT2D eigenvalue weighted by atomic mass is 9.89. The first-order valence-corrected chi connectivity index (χ1v) is 10.3. The number of hydrogen-bond acceptors (Lipinski definition) is 3. The highest BCUT2D eigenvalue weighted by Gasteiger charge is 2.27. The summed E-state index contributed by atoms with van der Waals surface area (Å²) in [6, 6.07) is 6.27. The molecule has 6 heteroatoms. The molecule has 0 radical (unpaired) electrons. The lowest BCUT2D eigenvalue weighted by molar-refractivity contribution is 0.0224. The van der Waals surface area contributed by atoms with Crippen molar-refractivity contribution in [1.29, 1.82) is 0 Å². The smallest absolute Gasteiger partial charge is 0.410 e. The quantitative estimate of drug-likeness (QED) is 0.515. The topological polar surface area (TPSA) is 58.2 Å². The molecule has 29 heavy (non-hydrogen) atoms. The van der Waals surface area contributed by atoms with Crippen molar-refractivity contribution in [2.75, 3.05) is 6.54 Å². The van der Waals surface area contributed by atoms with E-state index in [0.717, 1.165) is 39.7 Å². The van der Waals surface area contributed by atoms with E-state index in [1.165, 1.54) is 11.1 Å². The van der Waals surface area contributed by atoms with Crippen LogP contribution in [0.2, 0.25) is 5.15 Å². The molecule has 0 spiro atoms. The van der Waals surface area contributed by atoms with Crippen molar-refractivity contribution in [3.63, 3.8) is 0 Å². The number of ether oxygens (including phenoxy) is 1. The van der Waals surface area contributed by atoms with E-state index in [4.69, 9.17) is 16.3 Å². The standard InChI is InChI=1S/C23H26ClN3O2/c1-13-14(2)26-20-19(13)18(11-25-21(20)24)17-8-6-7-15-12-27(10-9-16(15)17)22(28)29-23(3,4)5/h6-8,11,26H,9-10,12H2,1-5H3. The van der Waals surface area contributed by atoms with Crippen LogP contribution in [-0.2, 0) is 17.7 Å². The zero-order valence-electron chi connectivity index (χ0n) is 17.5. The number of carbonyl (C=O) groups is 1. The maximum atomic E-state index is 12.5. The molecule has 0 aliphatic carbocycles. The number of amides is 1. The van der Waals surface area contributed by atoms with Crippen LogP contribution in [0, 0.1) is 13.8 Å². The van der Waals surface area contributed by atoms with E-state index in [9.17, 15) is 4.79 Å². The number of H-pyrrole nitrogens is 1. The molecule has 0 atom stereocenters. The van der Waals surface area contributed by atoms with Gasteiger partial charge >= 0.3 is 6.09 Å². The van der Waals surface area contributed by atoms with Gasteiger partial charge in [0, 0.05) is 35.9 Å². The number of rotatable bonds is 1. The van der Waals surface area contributed by atoms with Crippen LogP contribution >= 0.6 is 11.6 Å². The molecule has 3 aromatic rings. The molecule has 5 nitrogen and oxygen atoms in total. The van der Waals surface area contributed by atoms with Crippen LogP contribution in [0.5, 0.6) is 0 Å². The van der Waals surface area contributed by atoms with E-state index in [1.807, 2.05) is 33.0 Å². The first-order chi connectivity index (χ1) is 13.7. The molecular weight excluding hydrogens is 386 g/mol. The summed E-state index contributed by atoms with van der Waals surface area (Å²) < 4.78 is 5.55. The molecule has 0 saturated carbocycles. The van der Waals surface area contributed by atoms with Gasteiger partial charge in [0.1, 0.15) is 5.60 Å². The van der Waals surface area contributed by atoms with E-state index in [2.05, 4.69) is 35.9 Å². The first kappa shape index (κ1) is 19.8. The van der Waals surface area contributed by atoms with Crippen molar-refractivity contribution < 1.29 is 9.53 Å². The van der Waals surface area contributed by atoms with Gasteiger partial charge in [-0.25, -0.2) is 9.78 Å². The van der Waals surface area contributed by atoms with Gasteiger partial charge in [0.15, 0.2) is 5.15 Å². The number of halogens is 1. The predicted molar refractivity (Wildman–Crippen MR) is 116 cm³/mol. The first-order valence-electron chi connectivity index (χ1n) is 9.88. The zero-order chi connectivity index (χ0) is 20.9. The third-order valence-corrected chi connectivity index (χ3v) is 5.78. The Kier molecular flexibility index (Phi) is 4.82. The Labute approximate surface area is 176 Å². The molecule has 0 saturated heterocycles. The number of aryl methyl sites for hydroxylation is 2. The largest absolute Gasteiger partial charge is 0.444 e. The van der Waals surface area contributed by atoms with Gasteiger partial charge in [0.05, 0.1) is 5.52 Å². The fourth-order valence-corrected chi connectivity index (χ4v) is 4.20. The van der Waals surface area contributed by atoms with Crippen molar-refractivity contribution in [3.05, 3.63) is 51.9 Å². The fourth-order valence-electron chi connectivity index (χ4n) is 4.01. The van der Waals surface area contributed by atoms with Crippen molar-refractivity contribution in [3.8, 4) is 11.1 Å². The van der Waals surface area contributed by atoms with Crippen molar-refractivity contribution >= 4 is 28.6 Å². The van der Waals surface area contributed by atoms with E-state index in [0.29, 0.717) is 18.2 Å². The number of benzene rings is 1. The molecule has 4 rings (SSSR count). The van der Waals surface area contributed by atoms with Gasteiger partial charge in [-0.05, 0) is 63.3 Å². The van der Waals surface area contributed by atoms with Gasteiger partial charge in [0.2, 0.25) is 0 Å². The number of aromatic amines is 1. The van der Waals surface area contributed by atoms with Crippen molar-refractivity contribution in [1.82, 2.24) is 14.9 Å². The van der Waals surface area contributed by atoms with Crippen LogP contribution in [0.15, 0.2) is 24.4 Å². The lowest BCUT2D eigenvalue weighted by Crippen LogP contribution is -2.40. The van der Waals surface area contributed by atoms with Crippen LogP contribution in [0.25, 0.3) is 22.0 Å². The Morgan fingerprint density at radius 2 is 2.00 bits per heavy atom. The summed E-state index contributed by atoms with van der Waals surface area (Å²) in [6.45, 7) is 11.0. The summed E-state index contributed by atoms with van der Waals surface area (Å²) in [7, 11) is 0. The monoisotopic (exact) mass is 411 g/mol. The minimum atomic E-state index is -0.497. The molecule has 1 N–H and O–H groups in total. The van der Waals surface area contributed by atoms with Crippen LogP contribution in [0.3, 0.4) is 0 Å². The second kappa shape index (κ2) is 7.06. The average Bonchev–Trinajstić information content (AvgIpc) is 2.96. The molecule has 152 valence electrons. The fraction of sp³-hybridized carbons (Fsp3) is 0.391. The summed E-state index contributed by atoms with van der Waals surface area (Å²) in [6.07, 6.45) is 2.37. The normalized spacial score (nSPS) is 14.2. The van der Waals surface area contributed by atoms with Gasteiger partial charge in [0.25, 0.3) is 0 Å². The number of fused-ring (bicyclic) bond motifs is 2. The van der Waals surface area contributed by atoms with E-state index in [-0.39, 0.29) is 6.09 Å². The Morgan fingerprint density at radius 1 is 1.24 bits per heavy atom. The van der Waals surface area contributed by atoms with Gasteiger partial charge in [-0.1, -0.05) is 29.8 Å². The number of hydrogen-bond donors (Lipinski definition) is 1. The second-order valence-electron chi connectivity index (χ2n) is 8.68. The number of carbonyl (C=O) groups excluding carboxylic acids is 1. The second-order valence-corrected chi connectivity index (χ2v) is 9.04. The number of aromatic nitrogens is 2. The Balaban J connectivity index is 1.75. The summed E-state index contributed by atoms with van der Waals surface area (Å²) in [5.41, 5.74) is 7.30. The van der Waals surface area contributed by atoms with Crippen molar-refractivity contribution in [2.24, 2.45) is 0 Å². The minimum Gasteiger partial charge on any atom is -0.444 e. The number of pyridine rings is 1. The Hall–Kier alpha value is -2.53. The highest BCUT2D eigenvalue weighted by Crippen LogP contribution is 2.38. The van der Waals surface area contributed by atoms with Crippen LogP contribution in [0.1, 0.15) is 43.2 Å². The van der Waals surface area contributed by atoms with E-state index >= 15 is 0 Å². The maximum absolute atomic E-state index is 12.5. The van der Waals surface area contributed by atoms with E-state index in [1.54, 1.807) is 4.90 Å². The minimum absolute atomic E-state index is 0.263. The summed E-state index contributed by atoms with van der Waals surface area (Å²) >= 11 is 6.35. The molecule has 0 unspecified atom stereocenters. The summed E-state index contributed by atoms with van der Waals surface area (Å²) in [5, 5.41) is 1.60. The van der Waals surface area contributed by atoms with Crippen molar-refractivity contribution in [2.45, 2.75) is 53.2 Å². The summed E-state index contributed by atoms with van der Waals surface area (Å²) in [4.78, 5) is 22.1. The van der Waals surface area contributed by atoms with E-state index < -0.39 is 5.60 Å². The molecule has 0 bridgehead atoms. The molecule has 1 aliphatic heterocycles. The third kappa shape index (κ3) is 3.60. The molecular formula is C23H26ClN3O2. The Bertz CT molecular complexity index is 1110. The van der Waals surface area contributed by atoms with Gasteiger partial charge in [-0.2, -0.15) is 0 Å². The molecule has 1 aliphatic rings. The zero-order valence-corrected chi connectivity index (χ0v) is 18.3. The Morgan fingerprint density at radius 3 is 2.72 bits per heavy atom.